The van der Waals surface area contributed by atoms with Gasteiger partial charge in [-0.25, -0.2) is 9.97 Å². The second kappa shape index (κ2) is 8.31. The fourth-order valence-corrected chi connectivity index (χ4v) is 2.61. The van der Waals surface area contributed by atoms with Crippen molar-refractivity contribution in [3.63, 3.8) is 0 Å². The molecule has 138 valence electrons. The number of anilines is 2. The molecular weight excluding hydrogens is 340 g/mol. The second-order valence-electron chi connectivity index (χ2n) is 6.26. The molecule has 0 spiro atoms. The van der Waals surface area contributed by atoms with Gasteiger partial charge >= 0.3 is 0 Å². The third kappa shape index (κ3) is 4.82. The van der Waals surface area contributed by atoms with E-state index in [-0.39, 0.29) is 11.6 Å². The number of ether oxygens (including phenoxy) is 1. The average molecular weight is 362 g/mol. The first kappa shape index (κ1) is 18.4. The number of nitrogens with zero attached hydrogens (tertiary/aromatic N) is 2. The number of hydrogen-bond acceptors (Lipinski definition) is 5. The normalized spacial score (nSPS) is 10.3. The molecule has 6 nitrogen and oxygen atoms in total. The van der Waals surface area contributed by atoms with Crippen LogP contribution in [0.2, 0.25) is 0 Å². The molecule has 3 rings (SSSR count). The highest BCUT2D eigenvalue weighted by molar-refractivity contribution is 6.03. The summed E-state index contributed by atoms with van der Waals surface area (Å²) in [6.07, 6.45) is 3.02. The maximum atomic E-state index is 12.4. The Morgan fingerprint density at radius 1 is 1.04 bits per heavy atom. The number of nitrogens with one attached hydrogen (secondary N) is 2. The zero-order chi connectivity index (χ0) is 19.2. The number of hydrogen-bond donors (Lipinski definition) is 2. The zero-order valence-corrected chi connectivity index (χ0v) is 15.6. The van der Waals surface area contributed by atoms with Gasteiger partial charge < -0.3 is 15.4 Å². The van der Waals surface area contributed by atoms with Crippen LogP contribution in [0.4, 0.5) is 11.5 Å². The summed E-state index contributed by atoms with van der Waals surface area (Å²) in [5, 5.41) is 6.05. The van der Waals surface area contributed by atoms with Crippen LogP contribution in [0.3, 0.4) is 0 Å². The molecule has 0 fully saturated rings. The molecular formula is C21H22N4O2. The van der Waals surface area contributed by atoms with Crippen molar-refractivity contribution < 1.29 is 9.53 Å². The van der Waals surface area contributed by atoms with Crippen LogP contribution in [0.1, 0.15) is 27.2 Å². The molecule has 3 aromatic rings. The molecule has 27 heavy (non-hydrogen) atoms. The summed E-state index contributed by atoms with van der Waals surface area (Å²) in [5.74, 6) is 1.14. The highest BCUT2D eigenvalue weighted by atomic mass is 16.5. The van der Waals surface area contributed by atoms with Crippen LogP contribution in [-0.2, 0) is 6.54 Å². The van der Waals surface area contributed by atoms with Crippen molar-refractivity contribution in [3.05, 3.63) is 77.2 Å². The lowest BCUT2D eigenvalue weighted by molar-refractivity contribution is 0.102. The molecule has 0 unspecified atom stereocenters. The standard InChI is InChI=1S/C21H22N4O2/c1-14-4-9-18(15(2)10-14)25-21(26)19-12-24-20(13-22-19)23-11-16-5-7-17(27-3)8-6-16/h4-10,12-13H,11H2,1-3H3,(H,23,24)(H,25,26). The molecule has 2 N–H and O–H groups in total. The summed E-state index contributed by atoms with van der Waals surface area (Å²) in [7, 11) is 1.64. The van der Waals surface area contributed by atoms with Crippen molar-refractivity contribution in [1.29, 1.82) is 0 Å². The van der Waals surface area contributed by atoms with E-state index in [0.29, 0.717) is 12.4 Å². The molecule has 2 aromatic carbocycles. The highest BCUT2D eigenvalue weighted by Crippen LogP contribution is 2.17. The minimum Gasteiger partial charge on any atom is -0.497 e. The molecule has 1 aromatic heterocycles. The van der Waals surface area contributed by atoms with E-state index in [4.69, 9.17) is 4.74 Å². The Bertz CT molecular complexity index is 922. The Balaban J connectivity index is 1.59. The zero-order valence-electron chi connectivity index (χ0n) is 15.6. The van der Waals surface area contributed by atoms with E-state index in [1.165, 1.54) is 6.20 Å². The van der Waals surface area contributed by atoms with E-state index < -0.39 is 0 Å². The third-order valence-corrected chi connectivity index (χ3v) is 4.15. The number of methoxy groups -OCH3 is 1. The smallest absolute Gasteiger partial charge is 0.275 e. The summed E-state index contributed by atoms with van der Waals surface area (Å²) in [4.78, 5) is 20.8. The Labute approximate surface area is 158 Å². The summed E-state index contributed by atoms with van der Waals surface area (Å²) < 4.78 is 5.14. The largest absolute Gasteiger partial charge is 0.497 e. The van der Waals surface area contributed by atoms with Crippen LogP contribution in [0, 0.1) is 13.8 Å². The molecule has 0 radical (unpaired) electrons. The van der Waals surface area contributed by atoms with Gasteiger partial charge in [-0.15, -0.1) is 0 Å². The molecule has 1 amide bonds. The van der Waals surface area contributed by atoms with E-state index in [9.17, 15) is 4.79 Å². The van der Waals surface area contributed by atoms with Gasteiger partial charge in [0.05, 0.1) is 19.5 Å². The van der Waals surface area contributed by atoms with Crippen molar-refractivity contribution in [2.45, 2.75) is 20.4 Å². The summed E-state index contributed by atoms with van der Waals surface area (Å²) in [5.41, 5.74) is 4.29. The van der Waals surface area contributed by atoms with Crippen LogP contribution >= 0.6 is 0 Å². The molecule has 0 aliphatic carbocycles. The number of carbonyl (C=O) groups is 1. The number of aromatic nitrogens is 2. The summed E-state index contributed by atoms with van der Waals surface area (Å²) in [6, 6.07) is 13.6. The molecule has 0 aliphatic rings. The predicted octanol–water partition coefficient (Wildman–Crippen LogP) is 3.97. The first-order valence-corrected chi connectivity index (χ1v) is 8.62. The first-order valence-electron chi connectivity index (χ1n) is 8.62. The van der Waals surface area contributed by atoms with Gasteiger partial charge in [-0.05, 0) is 43.2 Å². The van der Waals surface area contributed by atoms with Crippen LogP contribution in [-0.4, -0.2) is 23.0 Å². The van der Waals surface area contributed by atoms with Crippen molar-refractivity contribution in [3.8, 4) is 5.75 Å². The fraction of sp³-hybridized carbons (Fsp3) is 0.190. The molecule has 0 aliphatic heterocycles. The molecule has 6 heteroatoms. The maximum Gasteiger partial charge on any atom is 0.275 e. The van der Waals surface area contributed by atoms with E-state index >= 15 is 0 Å². The van der Waals surface area contributed by atoms with E-state index in [1.54, 1.807) is 13.3 Å². The molecule has 0 saturated heterocycles. The van der Waals surface area contributed by atoms with Gasteiger partial charge in [0.25, 0.3) is 5.91 Å². The fourth-order valence-electron chi connectivity index (χ4n) is 2.61. The minimum atomic E-state index is -0.281. The molecule has 0 bridgehead atoms. The summed E-state index contributed by atoms with van der Waals surface area (Å²) >= 11 is 0. The molecule has 0 saturated carbocycles. The van der Waals surface area contributed by atoms with Crippen molar-refractivity contribution >= 4 is 17.4 Å². The summed E-state index contributed by atoms with van der Waals surface area (Å²) in [6.45, 7) is 4.58. The van der Waals surface area contributed by atoms with Crippen molar-refractivity contribution in [2.24, 2.45) is 0 Å². The van der Waals surface area contributed by atoms with Crippen LogP contribution in [0.25, 0.3) is 0 Å². The Kier molecular flexibility index (Phi) is 5.66. The maximum absolute atomic E-state index is 12.4. The topological polar surface area (TPSA) is 76.1 Å². The Morgan fingerprint density at radius 3 is 2.44 bits per heavy atom. The van der Waals surface area contributed by atoms with Gasteiger partial charge in [0.2, 0.25) is 0 Å². The molecule has 0 atom stereocenters. The van der Waals surface area contributed by atoms with Crippen LogP contribution < -0.4 is 15.4 Å². The number of aryl methyl sites for hydroxylation is 2. The number of carbonyl (C=O) groups excluding carboxylic acids is 1. The Morgan fingerprint density at radius 2 is 1.81 bits per heavy atom. The lowest BCUT2D eigenvalue weighted by Gasteiger charge is -2.09. The number of amides is 1. The van der Waals surface area contributed by atoms with Crippen LogP contribution in [0.15, 0.2) is 54.9 Å². The Hall–Kier alpha value is -3.41. The highest BCUT2D eigenvalue weighted by Gasteiger charge is 2.10. The third-order valence-electron chi connectivity index (χ3n) is 4.15. The SMILES string of the molecule is COc1ccc(CNc2cnc(C(=O)Nc3ccc(C)cc3C)cn2)cc1. The number of benzene rings is 2. The quantitative estimate of drug-likeness (QED) is 0.694. The average Bonchev–Trinajstić information content (AvgIpc) is 2.69. The lowest BCUT2D eigenvalue weighted by Crippen LogP contribution is -2.15. The first-order chi connectivity index (χ1) is 13.0. The number of rotatable bonds is 6. The monoisotopic (exact) mass is 362 g/mol. The van der Waals surface area contributed by atoms with E-state index in [2.05, 4.69) is 20.6 Å². The minimum absolute atomic E-state index is 0.268. The van der Waals surface area contributed by atoms with Crippen molar-refractivity contribution in [1.82, 2.24) is 9.97 Å². The van der Waals surface area contributed by atoms with Gasteiger partial charge in [0.15, 0.2) is 0 Å². The van der Waals surface area contributed by atoms with Gasteiger partial charge in [0, 0.05) is 12.2 Å². The van der Waals surface area contributed by atoms with Crippen LogP contribution in [0.5, 0.6) is 5.75 Å². The lowest BCUT2D eigenvalue weighted by atomic mass is 10.1. The van der Waals surface area contributed by atoms with Gasteiger partial charge in [-0.2, -0.15) is 0 Å². The molecule has 1 heterocycles. The predicted molar refractivity (Wildman–Crippen MR) is 106 cm³/mol. The van der Waals surface area contributed by atoms with Gasteiger partial charge in [0.1, 0.15) is 17.3 Å². The van der Waals surface area contributed by atoms with Crippen molar-refractivity contribution in [2.75, 3.05) is 17.7 Å². The second-order valence-corrected chi connectivity index (χ2v) is 6.26. The van der Waals surface area contributed by atoms with Gasteiger partial charge in [-0.3, -0.25) is 4.79 Å². The van der Waals surface area contributed by atoms with E-state index in [0.717, 1.165) is 28.1 Å². The van der Waals surface area contributed by atoms with E-state index in [1.807, 2.05) is 56.3 Å². The van der Waals surface area contributed by atoms with Gasteiger partial charge in [-0.1, -0.05) is 29.8 Å².